The van der Waals surface area contributed by atoms with E-state index in [1.807, 2.05) is 41.9 Å². The van der Waals surface area contributed by atoms with Crippen LogP contribution in [0.25, 0.3) is 5.69 Å². The molecule has 0 radical (unpaired) electrons. The molecule has 1 N–H and O–H groups in total. The molecule has 102 valence electrons. The molecule has 0 unspecified atom stereocenters. The zero-order valence-corrected chi connectivity index (χ0v) is 13.4. The fourth-order valence-corrected chi connectivity index (χ4v) is 2.36. The third-order valence-corrected chi connectivity index (χ3v) is 3.64. The van der Waals surface area contributed by atoms with Crippen molar-refractivity contribution in [1.82, 2.24) is 14.5 Å². The first-order valence-corrected chi connectivity index (χ1v) is 6.62. The van der Waals surface area contributed by atoms with Gasteiger partial charge in [-0.05, 0) is 11.6 Å². The summed E-state index contributed by atoms with van der Waals surface area (Å²) in [5.74, 6) is 0.783. The van der Waals surface area contributed by atoms with E-state index >= 15 is 0 Å². The molecule has 1 heterocycles. The summed E-state index contributed by atoms with van der Waals surface area (Å²) in [7, 11) is 3.77. The number of amidine groups is 1. The van der Waals surface area contributed by atoms with Gasteiger partial charge < -0.3 is 9.47 Å². The van der Waals surface area contributed by atoms with E-state index in [4.69, 9.17) is 5.41 Å². The third kappa shape index (κ3) is 4.11. The lowest BCUT2D eigenvalue weighted by Gasteiger charge is -2.14. The Morgan fingerprint density at radius 1 is 1.37 bits per heavy atom. The second-order valence-electron chi connectivity index (χ2n) is 4.09. The lowest BCUT2D eigenvalue weighted by molar-refractivity contribution is 0.632. The van der Waals surface area contributed by atoms with Gasteiger partial charge in [0.2, 0.25) is 0 Å². The van der Waals surface area contributed by atoms with Gasteiger partial charge in [-0.3, -0.25) is 5.41 Å². The molecule has 1 aromatic heterocycles. The fraction of sp³-hybridized carbons (Fsp3) is 0.231. The minimum Gasteiger partial charge on any atom is -0.358 e. The number of para-hydroxylation sites is 1. The Kier molecular flexibility index (Phi) is 6.11. The first-order chi connectivity index (χ1) is 8.68. The number of hydrogen-bond donors (Lipinski definition) is 1. The summed E-state index contributed by atoms with van der Waals surface area (Å²) in [6, 6.07) is 8.19. The van der Waals surface area contributed by atoms with E-state index in [0.717, 1.165) is 11.4 Å². The van der Waals surface area contributed by atoms with Crippen LogP contribution in [0.15, 0.2) is 43.0 Å². The summed E-state index contributed by atoms with van der Waals surface area (Å²) >= 11 is 1.52. The fourth-order valence-electron chi connectivity index (χ4n) is 1.56. The van der Waals surface area contributed by atoms with Crippen molar-refractivity contribution in [1.29, 1.82) is 5.41 Å². The molecule has 0 amide bonds. The van der Waals surface area contributed by atoms with Crippen LogP contribution < -0.4 is 0 Å². The summed E-state index contributed by atoms with van der Waals surface area (Å²) in [5.41, 5.74) is 2.32. The van der Waals surface area contributed by atoms with Gasteiger partial charge in [0.1, 0.15) is 0 Å². The molecule has 0 spiro atoms. The number of benzene rings is 1. The molecule has 0 aliphatic heterocycles. The van der Waals surface area contributed by atoms with Gasteiger partial charge in [0.25, 0.3) is 0 Å². The smallest absolute Gasteiger partial charge is 0.156 e. The van der Waals surface area contributed by atoms with Crippen molar-refractivity contribution >= 4 is 33.9 Å². The lowest BCUT2D eigenvalue weighted by Crippen LogP contribution is -2.17. The molecular weight excluding hydrogens is 324 g/mol. The molecule has 0 aliphatic carbocycles. The monoisotopic (exact) mass is 340 g/mol. The maximum absolute atomic E-state index is 7.81. The molecule has 0 atom stereocenters. The van der Waals surface area contributed by atoms with Gasteiger partial charge in [-0.15, -0.1) is 17.0 Å². The molecule has 2 rings (SSSR count). The van der Waals surface area contributed by atoms with Gasteiger partial charge in [-0.25, -0.2) is 4.98 Å². The zero-order valence-electron chi connectivity index (χ0n) is 10.9. The van der Waals surface area contributed by atoms with E-state index in [1.165, 1.54) is 17.3 Å². The number of hydrogen-bond acceptors (Lipinski definition) is 3. The minimum absolute atomic E-state index is 0. The van der Waals surface area contributed by atoms with Crippen LogP contribution in [0.2, 0.25) is 0 Å². The Bertz CT molecular complexity index is 525. The van der Waals surface area contributed by atoms with E-state index in [-0.39, 0.29) is 17.0 Å². The van der Waals surface area contributed by atoms with Crippen molar-refractivity contribution in [3.63, 3.8) is 0 Å². The largest absolute Gasteiger partial charge is 0.358 e. The highest BCUT2D eigenvalue weighted by atomic mass is 79.9. The average molecular weight is 341 g/mol. The Morgan fingerprint density at radius 2 is 2.11 bits per heavy atom. The van der Waals surface area contributed by atoms with Gasteiger partial charge in [-0.1, -0.05) is 30.0 Å². The number of nitrogens with one attached hydrogen (secondary N) is 1. The standard InChI is InChI=1S/C13H16N4S.BrH/c1-16(2)13(14)18-9-11-5-3-4-6-12(11)17-8-7-15-10-17;/h3-8,10,14H,9H2,1-2H3;1H. The van der Waals surface area contributed by atoms with E-state index < -0.39 is 0 Å². The minimum atomic E-state index is 0. The summed E-state index contributed by atoms with van der Waals surface area (Å²) in [6.45, 7) is 0. The third-order valence-electron chi connectivity index (χ3n) is 2.54. The van der Waals surface area contributed by atoms with Crippen LogP contribution in [0.3, 0.4) is 0 Å². The summed E-state index contributed by atoms with van der Waals surface area (Å²) in [6.07, 6.45) is 5.49. The van der Waals surface area contributed by atoms with Crippen LogP contribution in [-0.4, -0.2) is 33.7 Å². The van der Waals surface area contributed by atoms with Crippen molar-refractivity contribution in [2.75, 3.05) is 14.1 Å². The van der Waals surface area contributed by atoms with Crippen molar-refractivity contribution in [3.05, 3.63) is 48.5 Å². The Labute approximate surface area is 128 Å². The van der Waals surface area contributed by atoms with Gasteiger partial charge in [-0.2, -0.15) is 0 Å². The summed E-state index contributed by atoms with van der Waals surface area (Å²) in [5, 5.41) is 8.37. The topological polar surface area (TPSA) is 44.9 Å². The van der Waals surface area contributed by atoms with Crippen LogP contribution in [0, 0.1) is 5.41 Å². The number of thioether (sulfide) groups is 1. The normalized spacial score (nSPS) is 9.79. The first-order valence-electron chi connectivity index (χ1n) is 5.63. The van der Waals surface area contributed by atoms with E-state index in [9.17, 15) is 0 Å². The maximum atomic E-state index is 7.81. The molecule has 0 saturated heterocycles. The highest BCUT2D eigenvalue weighted by Crippen LogP contribution is 2.20. The number of nitrogens with zero attached hydrogens (tertiary/aromatic N) is 3. The molecule has 0 saturated carbocycles. The molecule has 0 bridgehead atoms. The second-order valence-corrected chi connectivity index (χ2v) is 5.05. The van der Waals surface area contributed by atoms with Crippen molar-refractivity contribution < 1.29 is 0 Å². The number of halogens is 1. The van der Waals surface area contributed by atoms with Crippen LogP contribution in [-0.2, 0) is 5.75 Å². The van der Waals surface area contributed by atoms with Crippen molar-refractivity contribution in [2.45, 2.75) is 5.75 Å². The highest BCUT2D eigenvalue weighted by Gasteiger charge is 2.06. The predicted octanol–water partition coefficient (Wildman–Crippen LogP) is 3.18. The second kappa shape index (κ2) is 7.35. The molecule has 0 fully saturated rings. The molecule has 0 aliphatic rings. The Morgan fingerprint density at radius 3 is 2.74 bits per heavy atom. The molecule has 19 heavy (non-hydrogen) atoms. The van der Waals surface area contributed by atoms with Gasteiger partial charge >= 0.3 is 0 Å². The maximum Gasteiger partial charge on any atom is 0.156 e. The molecule has 2 aromatic rings. The van der Waals surface area contributed by atoms with E-state index in [0.29, 0.717) is 5.17 Å². The Balaban J connectivity index is 0.00000180. The highest BCUT2D eigenvalue weighted by molar-refractivity contribution is 8.93. The molecule has 6 heteroatoms. The first kappa shape index (κ1) is 15.8. The van der Waals surface area contributed by atoms with Gasteiger partial charge in [0, 0.05) is 32.2 Å². The molecule has 1 aromatic carbocycles. The van der Waals surface area contributed by atoms with Gasteiger partial charge in [0.05, 0.1) is 12.0 Å². The summed E-state index contributed by atoms with van der Waals surface area (Å²) < 4.78 is 2.00. The van der Waals surface area contributed by atoms with Crippen molar-refractivity contribution in [2.24, 2.45) is 0 Å². The van der Waals surface area contributed by atoms with Crippen LogP contribution in [0.4, 0.5) is 0 Å². The van der Waals surface area contributed by atoms with Crippen LogP contribution >= 0.6 is 28.7 Å². The SMILES string of the molecule is Br.CN(C)C(=N)SCc1ccccc1-n1ccnc1. The molecular formula is C13H17BrN4S. The van der Waals surface area contributed by atoms with Crippen molar-refractivity contribution in [3.8, 4) is 5.69 Å². The predicted molar refractivity (Wildman–Crippen MR) is 86.6 cm³/mol. The Hall–Kier alpha value is -1.27. The van der Waals surface area contributed by atoms with E-state index in [1.54, 1.807) is 12.5 Å². The lowest BCUT2D eigenvalue weighted by atomic mass is 10.2. The average Bonchev–Trinajstić information content (AvgIpc) is 2.89. The number of rotatable bonds is 3. The number of imidazole rings is 1. The number of aromatic nitrogens is 2. The van der Waals surface area contributed by atoms with Crippen LogP contribution in [0.1, 0.15) is 5.56 Å². The van der Waals surface area contributed by atoms with Crippen LogP contribution in [0.5, 0.6) is 0 Å². The van der Waals surface area contributed by atoms with Gasteiger partial charge in [0.15, 0.2) is 5.17 Å². The quantitative estimate of drug-likeness (QED) is 0.689. The zero-order chi connectivity index (χ0) is 13.0. The molecule has 4 nitrogen and oxygen atoms in total. The van der Waals surface area contributed by atoms with E-state index in [2.05, 4.69) is 17.1 Å². The summed E-state index contributed by atoms with van der Waals surface area (Å²) in [4.78, 5) is 5.88.